The van der Waals surface area contributed by atoms with Gasteiger partial charge in [-0.1, -0.05) is 11.6 Å². The monoisotopic (exact) mass is 279 g/mol. The summed E-state index contributed by atoms with van der Waals surface area (Å²) in [6, 6.07) is 1.42. The molecule has 0 radical (unpaired) electrons. The Morgan fingerprint density at radius 3 is 2.78 bits per heavy atom. The molecule has 0 saturated carbocycles. The Labute approximate surface area is 108 Å². The molecule has 2 N–H and O–H groups in total. The van der Waals surface area contributed by atoms with Crippen LogP contribution in [0, 0.1) is 11.6 Å². The number of carbonyl (C=O) groups is 1. The first-order valence-electron chi connectivity index (χ1n) is 5.05. The number of benzene rings is 1. The number of rotatable bonds is 5. The van der Waals surface area contributed by atoms with Gasteiger partial charge in [-0.2, -0.15) is 0 Å². The van der Waals surface area contributed by atoms with Gasteiger partial charge in [-0.15, -0.1) is 0 Å². The number of halogens is 3. The van der Waals surface area contributed by atoms with Crippen molar-refractivity contribution in [3.05, 3.63) is 34.4 Å². The maximum absolute atomic E-state index is 13.4. The number of ether oxygens (including phenoxy) is 1. The Balaban J connectivity index is 2.70. The van der Waals surface area contributed by atoms with Crippen LogP contribution < -0.4 is 5.32 Å². The van der Waals surface area contributed by atoms with Gasteiger partial charge in [-0.05, 0) is 12.1 Å². The third-order valence-corrected chi connectivity index (χ3v) is 2.40. The first-order valence-corrected chi connectivity index (χ1v) is 5.43. The summed E-state index contributed by atoms with van der Waals surface area (Å²) in [5, 5.41) is 11.1. The molecule has 0 aliphatic carbocycles. The zero-order valence-corrected chi connectivity index (χ0v) is 10.3. The van der Waals surface area contributed by atoms with E-state index in [9.17, 15) is 18.7 Å². The van der Waals surface area contributed by atoms with Gasteiger partial charge in [0.1, 0.15) is 11.6 Å². The van der Waals surface area contributed by atoms with Gasteiger partial charge in [0.15, 0.2) is 0 Å². The van der Waals surface area contributed by atoms with Gasteiger partial charge >= 0.3 is 0 Å². The van der Waals surface area contributed by atoms with Crippen molar-refractivity contribution in [2.24, 2.45) is 0 Å². The number of nitrogens with one attached hydrogen (secondary N) is 1. The maximum atomic E-state index is 13.4. The van der Waals surface area contributed by atoms with Gasteiger partial charge < -0.3 is 15.2 Å². The molecule has 7 heteroatoms. The predicted octanol–water partition coefficient (Wildman–Crippen LogP) is 1.36. The minimum absolute atomic E-state index is 0.0255. The van der Waals surface area contributed by atoms with Crippen molar-refractivity contribution in [3.63, 3.8) is 0 Å². The molecule has 100 valence electrons. The second-order valence-electron chi connectivity index (χ2n) is 3.57. The highest BCUT2D eigenvalue weighted by molar-refractivity contribution is 6.30. The van der Waals surface area contributed by atoms with Crippen molar-refractivity contribution in [2.75, 3.05) is 20.3 Å². The van der Waals surface area contributed by atoms with Crippen LogP contribution in [-0.4, -0.2) is 37.4 Å². The Hall–Kier alpha value is -1.24. The van der Waals surface area contributed by atoms with Crippen LogP contribution in [0.4, 0.5) is 8.78 Å². The van der Waals surface area contributed by atoms with E-state index >= 15 is 0 Å². The topological polar surface area (TPSA) is 58.6 Å². The van der Waals surface area contributed by atoms with E-state index < -0.39 is 34.2 Å². The summed E-state index contributed by atoms with van der Waals surface area (Å²) in [6.07, 6.45) is -0.917. The Kier molecular flexibility index (Phi) is 5.46. The SMILES string of the molecule is COCC(O)CNC(=O)c1cc(F)c(Cl)cc1F. The minimum atomic E-state index is -0.930. The molecule has 1 amide bonds. The second-order valence-corrected chi connectivity index (χ2v) is 3.97. The van der Waals surface area contributed by atoms with Crippen LogP contribution >= 0.6 is 11.6 Å². The molecule has 18 heavy (non-hydrogen) atoms. The van der Waals surface area contributed by atoms with E-state index in [1.54, 1.807) is 0 Å². The van der Waals surface area contributed by atoms with Gasteiger partial charge in [0.25, 0.3) is 5.91 Å². The molecule has 4 nitrogen and oxygen atoms in total. The zero-order chi connectivity index (χ0) is 13.7. The fourth-order valence-electron chi connectivity index (χ4n) is 1.25. The molecule has 0 spiro atoms. The van der Waals surface area contributed by atoms with E-state index in [2.05, 4.69) is 10.1 Å². The molecule has 0 aromatic heterocycles. The number of hydrogen-bond donors (Lipinski definition) is 2. The van der Waals surface area contributed by atoms with Crippen LogP contribution in [0.1, 0.15) is 10.4 Å². The first-order chi connectivity index (χ1) is 8.45. The van der Waals surface area contributed by atoms with Crippen LogP contribution in [-0.2, 0) is 4.74 Å². The predicted molar refractivity (Wildman–Crippen MR) is 61.6 cm³/mol. The number of aliphatic hydroxyl groups is 1. The van der Waals surface area contributed by atoms with Crippen LogP contribution in [0.25, 0.3) is 0 Å². The average molecular weight is 280 g/mol. The molecule has 1 rings (SSSR count). The summed E-state index contributed by atoms with van der Waals surface area (Å²) in [5.41, 5.74) is -0.471. The van der Waals surface area contributed by atoms with Gasteiger partial charge in [-0.25, -0.2) is 8.78 Å². The van der Waals surface area contributed by atoms with E-state index in [0.29, 0.717) is 6.07 Å². The summed E-state index contributed by atoms with van der Waals surface area (Å²) in [6.45, 7) is -0.103. The highest BCUT2D eigenvalue weighted by atomic mass is 35.5. The van der Waals surface area contributed by atoms with Crippen LogP contribution in [0.3, 0.4) is 0 Å². The van der Waals surface area contributed by atoms with Crippen LogP contribution in [0.2, 0.25) is 5.02 Å². The molecule has 0 saturated heterocycles. The fourth-order valence-corrected chi connectivity index (χ4v) is 1.40. The van der Waals surface area contributed by atoms with E-state index in [0.717, 1.165) is 6.07 Å². The third kappa shape index (κ3) is 3.90. The number of amides is 1. The van der Waals surface area contributed by atoms with Crippen molar-refractivity contribution in [1.82, 2.24) is 5.32 Å². The lowest BCUT2D eigenvalue weighted by molar-refractivity contribution is 0.0608. The lowest BCUT2D eigenvalue weighted by Crippen LogP contribution is -2.34. The number of hydrogen-bond acceptors (Lipinski definition) is 3. The molecule has 0 heterocycles. The maximum Gasteiger partial charge on any atom is 0.254 e. The minimum Gasteiger partial charge on any atom is -0.389 e. The average Bonchev–Trinajstić information content (AvgIpc) is 2.31. The fraction of sp³-hybridized carbons (Fsp3) is 0.364. The first kappa shape index (κ1) is 14.8. The summed E-state index contributed by atoms with van der Waals surface area (Å²) < 4.78 is 31.1. The Morgan fingerprint density at radius 2 is 2.17 bits per heavy atom. The highest BCUT2D eigenvalue weighted by Gasteiger charge is 2.16. The zero-order valence-electron chi connectivity index (χ0n) is 9.54. The smallest absolute Gasteiger partial charge is 0.254 e. The summed E-state index contributed by atoms with van der Waals surface area (Å²) >= 11 is 5.36. The Bertz CT molecular complexity index is 443. The van der Waals surface area contributed by atoms with Crippen molar-refractivity contribution >= 4 is 17.5 Å². The lowest BCUT2D eigenvalue weighted by Gasteiger charge is -2.11. The Morgan fingerprint density at radius 1 is 1.50 bits per heavy atom. The molecular formula is C11H12ClF2NO3. The van der Waals surface area contributed by atoms with Gasteiger partial charge in [-0.3, -0.25) is 4.79 Å². The molecule has 0 aliphatic rings. The molecule has 0 fully saturated rings. The standard InChI is InChI=1S/C11H12ClF2NO3/c1-18-5-6(16)4-15-11(17)7-2-10(14)8(12)3-9(7)13/h2-3,6,16H,4-5H2,1H3,(H,15,17). The third-order valence-electron chi connectivity index (χ3n) is 2.11. The largest absolute Gasteiger partial charge is 0.389 e. The van der Waals surface area contributed by atoms with Gasteiger partial charge in [0.05, 0.1) is 23.3 Å². The van der Waals surface area contributed by atoms with E-state index in [-0.39, 0.29) is 13.2 Å². The lowest BCUT2D eigenvalue weighted by atomic mass is 10.2. The molecular weight excluding hydrogens is 268 g/mol. The summed E-state index contributed by atoms with van der Waals surface area (Å²) in [5.74, 6) is -2.65. The molecule has 0 bridgehead atoms. The summed E-state index contributed by atoms with van der Waals surface area (Å²) in [4.78, 5) is 11.5. The molecule has 1 aromatic carbocycles. The van der Waals surface area contributed by atoms with E-state index in [1.807, 2.05) is 0 Å². The van der Waals surface area contributed by atoms with Gasteiger partial charge in [0, 0.05) is 13.7 Å². The van der Waals surface area contributed by atoms with Crippen LogP contribution in [0.5, 0.6) is 0 Å². The van der Waals surface area contributed by atoms with Crippen molar-refractivity contribution in [3.8, 4) is 0 Å². The van der Waals surface area contributed by atoms with Crippen LogP contribution in [0.15, 0.2) is 12.1 Å². The van der Waals surface area contributed by atoms with E-state index in [4.69, 9.17) is 11.6 Å². The van der Waals surface area contributed by atoms with Crippen molar-refractivity contribution in [1.29, 1.82) is 0 Å². The second kappa shape index (κ2) is 6.63. The highest BCUT2D eigenvalue weighted by Crippen LogP contribution is 2.19. The molecule has 1 aromatic rings. The normalized spacial score (nSPS) is 12.3. The molecule has 1 unspecified atom stereocenters. The number of carbonyl (C=O) groups excluding carboxylic acids is 1. The van der Waals surface area contributed by atoms with E-state index in [1.165, 1.54) is 7.11 Å². The summed E-state index contributed by atoms with van der Waals surface area (Å²) in [7, 11) is 1.39. The van der Waals surface area contributed by atoms with Crippen molar-refractivity contribution < 1.29 is 23.4 Å². The van der Waals surface area contributed by atoms with Crippen molar-refractivity contribution in [2.45, 2.75) is 6.10 Å². The van der Waals surface area contributed by atoms with Gasteiger partial charge in [0.2, 0.25) is 0 Å². The number of methoxy groups -OCH3 is 1. The molecule has 1 atom stereocenters. The number of aliphatic hydroxyl groups excluding tert-OH is 1. The molecule has 0 aliphatic heterocycles. The quantitative estimate of drug-likeness (QED) is 0.800.